The van der Waals surface area contributed by atoms with E-state index in [-0.39, 0.29) is 10.8 Å². The molecule has 0 saturated heterocycles. The number of hydrogen-bond donors (Lipinski definition) is 0. The van der Waals surface area contributed by atoms with Crippen LogP contribution in [0.5, 0.6) is 17.2 Å². The van der Waals surface area contributed by atoms with Crippen LogP contribution in [0.1, 0.15) is 207 Å². The van der Waals surface area contributed by atoms with Crippen molar-refractivity contribution in [3.05, 3.63) is 138 Å². The van der Waals surface area contributed by atoms with Gasteiger partial charge in [-0.25, -0.2) is 0 Å². The zero-order valence-electron chi connectivity index (χ0n) is 45.1. The molecule has 5 aromatic carbocycles. The molecular formula is C62H84BO3P. The molecule has 0 spiro atoms. The van der Waals surface area contributed by atoms with Crippen LogP contribution in [0.25, 0.3) is 0 Å². The van der Waals surface area contributed by atoms with Crippen LogP contribution in [0, 0.1) is 83.1 Å². The number of benzene rings is 5. The van der Waals surface area contributed by atoms with Crippen LogP contribution < -0.4 is 29.9 Å². The van der Waals surface area contributed by atoms with Crippen molar-refractivity contribution < 1.29 is 14.0 Å². The first-order chi connectivity index (χ1) is 31.5. The molecule has 0 amide bonds. The van der Waals surface area contributed by atoms with E-state index in [2.05, 4.69) is 173 Å². The van der Waals surface area contributed by atoms with E-state index in [4.69, 9.17) is 14.0 Å². The summed E-state index contributed by atoms with van der Waals surface area (Å²) in [6.07, 6.45) is 13.1. The molecule has 7 rings (SSSR count). The molecule has 0 radical (unpaired) electrons. The molecule has 2 saturated carbocycles. The van der Waals surface area contributed by atoms with Crippen molar-refractivity contribution in [1.82, 2.24) is 0 Å². The average molecular weight is 919 g/mol. The highest BCUT2D eigenvalue weighted by Crippen LogP contribution is 2.52. The van der Waals surface area contributed by atoms with Gasteiger partial charge in [0, 0.05) is 0 Å². The molecule has 0 N–H and O–H groups in total. The first kappa shape index (κ1) is 50.9. The molecule has 1 atom stereocenters. The van der Waals surface area contributed by atoms with Crippen molar-refractivity contribution in [3.63, 3.8) is 0 Å². The molecule has 2 aliphatic carbocycles. The molecule has 5 aromatic rings. The van der Waals surface area contributed by atoms with Gasteiger partial charge in [-0.05, 0) is 234 Å². The summed E-state index contributed by atoms with van der Waals surface area (Å²) in [4.78, 5) is 0. The Bertz CT molecular complexity index is 2500. The van der Waals surface area contributed by atoms with Gasteiger partial charge in [-0.1, -0.05) is 139 Å². The maximum Gasteiger partial charge on any atom is 0.864 e. The fraction of sp³-hybridized carbons (Fsp3) is 0.516. The Morgan fingerprint density at radius 3 is 1.21 bits per heavy atom. The largest absolute Gasteiger partial charge is 0.864 e. The summed E-state index contributed by atoms with van der Waals surface area (Å²) < 4.78 is 21.3. The normalized spacial score (nSPS) is 15.7. The molecule has 0 aliphatic heterocycles. The maximum atomic E-state index is 7.33. The van der Waals surface area contributed by atoms with Crippen LogP contribution in [0.4, 0.5) is 0 Å². The molecule has 2 aliphatic rings. The fourth-order valence-electron chi connectivity index (χ4n) is 12.6. The molecule has 5 heteroatoms. The topological polar surface area (TPSA) is 27.7 Å². The molecule has 1 unspecified atom stereocenters. The first-order valence-electron chi connectivity index (χ1n) is 25.8. The molecule has 67 heavy (non-hydrogen) atoms. The van der Waals surface area contributed by atoms with Gasteiger partial charge in [-0.3, -0.25) is 0 Å². The third-order valence-electron chi connectivity index (χ3n) is 15.0. The minimum Gasteiger partial charge on any atom is -0.489 e. The standard InChI is InChI=1S/C62H84BO3P/c1-37-29-40(4)56(41(5)30-37)64-63(65-57-42(6)31-38(2)32-43(57)7)66-58-44(8)35-47(11)60(48(58)12)67(59-45(9)33-39(3)34-46(59)10)52-36-51(61(13,14)15)53(49-25-21-19-22-26-49)55(62(16,17)18)54(52)50-27-23-20-24-28-50/h29-36,49-50H,19-28H2,1-18H3. The highest BCUT2D eigenvalue weighted by atomic mass is 31.1. The van der Waals surface area contributed by atoms with Gasteiger partial charge in [0.15, 0.2) is 0 Å². The minimum atomic E-state index is -1.08. The van der Waals surface area contributed by atoms with Gasteiger partial charge in [0.25, 0.3) is 0 Å². The zero-order chi connectivity index (χ0) is 48.9. The van der Waals surface area contributed by atoms with Crippen molar-refractivity contribution >= 4 is 31.2 Å². The number of aryl methyl sites for hydroxylation is 11. The predicted octanol–water partition coefficient (Wildman–Crippen LogP) is 16.4. The lowest BCUT2D eigenvalue weighted by Crippen LogP contribution is -2.39. The molecule has 0 heterocycles. The van der Waals surface area contributed by atoms with Gasteiger partial charge in [0.05, 0.1) is 0 Å². The van der Waals surface area contributed by atoms with Gasteiger partial charge >= 0.3 is 7.32 Å². The Morgan fingerprint density at radius 1 is 0.418 bits per heavy atom. The van der Waals surface area contributed by atoms with Gasteiger partial charge in [0.2, 0.25) is 0 Å². The monoisotopic (exact) mass is 919 g/mol. The molecule has 2 fully saturated rings. The fourth-order valence-corrected chi connectivity index (χ4v) is 15.7. The lowest BCUT2D eigenvalue weighted by molar-refractivity contribution is 0.302. The summed E-state index contributed by atoms with van der Waals surface area (Å²) in [5.41, 5.74) is 20.9. The van der Waals surface area contributed by atoms with E-state index in [0.29, 0.717) is 11.8 Å². The Hall–Kier alpha value is -4.01. The van der Waals surface area contributed by atoms with E-state index in [1.807, 2.05) is 0 Å². The second-order valence-corrected chi connectivity index (χ2v) is 25.4. The predicted molar refractivity (Wildman–Crippen MR) is 292 cm³/mol. The molecule has 0 aromatic heterocycles. The van der Waals surface area contributed by atoms with E-state index in [9.17, 15) is 0 Å². The van der Waals surface area contributed by atoms with E-state index < -0.39 is 15.2 Å². The van der Waals surface area contributed by atoms with Crippen molar-refractivity contribution in [1.29, 1.82) is 0 Å². The second kappa shape index (κ2) is 20.1. The summed E-state index contributed by atoms with van der Waals surface area (Å²) in [5.74, 6) is 3.57. The highest BCUT2D eigenvalue weighted by molar-refractivity contribution is 7.80. The average Bonchev–Trinajstić information content (AvgIpc) is 3.22. The van der Waals surface area contributed by atoms with Crippen LogP contribution >= 0.6 is 7.92 Å². The van der Waals surface area contributed by atoms with Crippen LogP contribution in [0.15, 0.2) is 48.5 Å². The maximum absolute atomic E-state index is 7.33. The van der Waals surface area contributed by atoms with Gasteiger partial charge in [0.1, 0.15) is 17.2 Å². The molecule has 358 valence electrons. The third kappa shape index (κ3) is 10.8. The summed E-state index contributed by atoms with van der Waals surface area (Å²) in [6, 6.07) is 18.8. The van der Waals surface area contributed by atoms with Crippen LogP contribution in [-0.4, -0.2) is 7.32 Å². The summed E-state index contributed by atoms with van der Waals surface area (Å²) >= 11 is 0. The Balaban J connectivity index is 1.56. The summed E-state index contributed by atoms with van der Waals surface area (Å²) in [5, 5.41) is 4.47. The third-order valence-corrected chi connectivity index (χ3v) is 18.1. The number of rotatable bonds is 11. The highest BCUT2D eigenvalue weighted by Gasteiger charge is 2.41. The summed E-state index contributed by atoms with van der Waals surface area (Å²) in [6.45, 7) is 41.7. The second-order valence-electron chi connectivity index (χ2n) is 23.3. The Labute approximate surface area is 409 Å². The van der Waals surface area contributed by atoms with E-state index in [1.54, 1.807) is 27.6 Å². The minimum absolute atomic E-state index is 0.0278. The first-order valence-corrected chi connectivity index (χ1v) is 27.2. The molecule has 3 nitrogen and oxygen atoms in total. The van der Waals surface area contributed by atoms with E-state index >= 15 is 0 Å². The van der Waals surface area contributed by atoms with Crippen LogP contribution in [0.2, 0.25) is 0 Å². The Kier molecular flexibility index (Phi) is 15.3. The SMILES string of the molecule is Cc1cc(C)c(OB(Oc2c(C)cc(C)cc2C)Oc2c(C)cc(C)c(P(c3cc(C(C)(C)C)c(C4CCCCC4)c(C(C)(C)C)c3C3CCCCC3)c3c(C)cc(C)cc3C)c2C)c(C)c1. The zero-order valence-corrected chi connectivity index (χ0v) is 46.0. The summed E-state index contributed by atoms with van der Waals surface area (Å²) in [7, 11) is -2.12. The van der Waals surface area contributed by atoms with Crippen LogP contribution in [-0.2, 0) is 10.8 Å². The van der Waals surface area contributed by atoms with E-state index in [1.165, 1.54) is 114 Å². The lowest BCUT2D eigenvalue weighted by Gasteiger charge is -2.42. The van der Waals surface area contributed by atoms with Crippen molar-refractivity contribution in [3.8, 4) is 17.2 Å². The number of hydrogen-bond acceptors (Lipinski definition) is 3. The van der Waals surface area contributed by atoms with Crippen molar-refractivity contribution in [2.75, 3.05) is 0 Å². The van der Waals surface area contributed by atoms with Gasteiger partial charge < -0.3 is 14.0 Å². The molecule has 0 bridgehead atoms. The van der Waals surface area contributed by atoms with Gasteiger partial charge in [-0.2, -0.15) is 0 Å². The van der Waals surface area contributed by atoms with E-state index in [0.717, 1.165) is 45.1 Å². The van der Waals surface area contributed by atoms with Crippen molar-refractivity contribution in [2.45, 2.75) is 212 Å². The lowest BCUT2D eigenvalue weighted by atomic mass is 9.66. The van der Waals surface area contributed by atoms with Gasteiger partial charge in [-0.15, -0.1) is 0 Å². The quantitative estimate of drug-likeness (QED) is 0.0976. The Morgan fingerprint density at radius 2 is 0.791 bits per heavy atom. The van der Waals surface area contributed by atoms with Crippen LogP contribution in [0.3, 0.4) is 0 Å². The smallest absolute Gasteiger partial charge is 0.489 e. The van der Waals surface area contributed by atoms with Crippen molar-refractivity contribution in [2.24, 2.45) is 0 Å². The molecular weight excluding hydrogens is 834 g/mol.